The van der Waals surface area contributed by atoms with E-state index in [9.17, 15) is 4.79 Å². The molecule has 104 valence electrons. The number of carbonyl (C=O) groups is 1. The highest BCUT2D eigenvalue weighted by molar-refractivity contribution is 5.78. The first-order chi connectivity index (χ1) is 9.29. The molecule has 0 unspecified atom stereocenters. The lowest BCUT2D eigenvalue weighted by atomic mass is 10.1. The lowest BCUT2D eigenvalue weighted by Crippen LogP contribution is -2.33. The van der Waals surface area contributed by atoms with Crippen molar-refractivity contribution in [3.05, 3.63) is 29.8 Å². The number of ether oxygens (including phenoxy) is 2. The van der Waals surface area contributed by atoms with Gasteiger partial charge in [-0.05, 0) is 18.9 Å². The number of nitrogens with one attached hydrogen (secondary N) is 1. The van der Waals surface area contributed by atoms with E-state index in [1.165, 1.54) is 0 Å². The molecule has 0 aliphatic carbocycles. The molecule has 1 aliphatic rings. The second-order valence-corrected chi connectivity index (χ2v) is 4.43. The van der Waals surface area contributed by atoms with Crippen LogP contribution in [0.25, 0.3) is 0 Å². The van der Waals surface area contributed by atoms with Gasteiger partial charge >= 0.3 is 0 Å². The van der Waals surface area contributed by atoms with E-state index in [4.69, 9.17) is 14.3 Å². The van der Waals surface area contributed by atoms with E-state index < -0.39 is 0 Å². The van der Waals surface area contributed by atoms with Crippen LogP contribution in [0.5, 0.6) is 5.75 Å². The van der Waals surface area contributed by atoms with Gasteiger partial charge < -0.3 is 9.47 Å². The van der Waals surface area contributed by atoms with E-state index >= 15 is 0 Å². The second kappa shape index (κ2) is 7.11. The Morgan fingerprint density at radius 1 is 1.42 bits per heavy atom. The molecule has 1 N–H and O–H groups in total. The smallest absolute Gasteiger partial charge is 0.248 e. The Morgan fingerprint density at radius 3 is 3.00 bits per heavy atom. The van der Waals surface area contributed by atoms with Crippen LogP contribution < -0.4 is 10.2 Å². The number of benzene rings is 1. The summed E-state index contributed by atoms with van der Waals surface area (Å²) in [6.45, 7) is 0.688. The number of hydrogen-bond acceptors (Lipinski definition) is 4. The number of hydroxylamine groups is 1. The van der Waals surface area contributed by atoms with Crippen LogP contribution in [0.4, 0.5) is 0 Å². The van der Waals surface area contributed by atoms with E-state index in [1.54, 1.807) is 7.11 Å². The standard InChI is InChI=1S/C14H19NO4/c1-17-12-7-3-2-6-11(12)10-13(16)15-19-14-8-4-5-9-18-14/h2-3,6-7,14H,4-5,8-10H2,1H3,(H,15,16)/t14-/m1/s1. The van der Waals surface area contributed by atoms with Gasteiger partial charge in [0.05, 0.1) is 13.5 Å². The molecule has 1 amide bonds. The molecule has 5 heteroatoms. The average molecular weight is 265 g/mol. The third-order valence-corrected chi connectivity index (χ3v) is 2.99. The largest absolute Gasteiger partial charge is 0.496 e. The lowest BCUT2D eigenvalue weighted by molar-refractivity contribution is -0.200. The maximum Gasteiger partial charge on any atom is 0.248 e. The van der Waals surface area contributed by atoms with Crippen molar-refractivity contribution in [2.24, 2.45) is 0 Å². The van der Waals surface area contributed by atoms with Gasteiger partial charge in [0.2, 0.25) is 5.91 Å². The Hall–Kier alpha value is -1.59. The quantitative estimate of drug-likeness (QED) is 0.825. The summed E-state index contributed by atoms with van der Waals surface area (Å²) < 4.78 is 10.6. The van der Waals surface area contributed by atoms with Gasteiger partial charge in [-0.2, -0.15) is 0 Å². The maximum absolute atomic E-state index is 11.8. The molecule has 0 spiro atoms. The third kappa shape index (κ3) is 4.22. The van der Waals surface area contributed by atoms with Gasteiger partial charge in [0.25, 0.3) is 0 Å². The van der Waals surface area contributed by atoms with Gasteiger partial charge in [-0.1, -0.05) is 18.2 Å². The van der Waals surface area contributed by atoms with Gasteiger partial charge in [0, 0.05) is 18.6 Å². The van der Waals surface area contributed by atoms with E-state index in [0.717, 1.165) is 24.8 Å². The molecule has 0 saturated carbocycles. The monoisotopic (exact) mass is 265 g/mol. The van der Waals surface area contributed by atoms with Gasteiger partial charge in [-0.3, -0.25) is 4.79 Å². The highest BCUT2D eigenvalue weighted by Crippen LogP contribution is 2.18. The summed E-state index contributed by atoms with van der Waals surface area (Å²) in [5.41, 5.74) is 3.26. The van der Waals surface area contributed by atoms with E-state index in [-0.39, 0.29) is 18.6 Å². The summed E-state index contributed by atoms with van der Waals surface area (Å²) in [5.74, 6) is 0.491. The SMILES string of the molecule is COc1ccccc1CC(=O)NO[C@@H]1CCCCO1. The van der Waals surface area contributed by atoms with Crippen molar-refractivity contribution < 1.29 is 19.1 Å². The molecular weight excluding hydrogens is 246 g/mol. The second-order valence-electron chi connectivity index (χ2n) is 4.43. The van der Waals surface area contributed by atoms with Crippen LogP contribution in [0.3, 0.4) is 0 Å². The molecule has 1 fully saturated rings. The number of para-hydroxylation sites is 1. The van der Waals surface area contributed by atoms with Crippen molar-refractivity contribution in [1.82, 2.24) is 5.48 Å². The minimum Gasteiger partial charge on any atom is -0.496 e. The van der Waals surface area contributed by atoms with Crippen LogP contribution >= 0.6 is 0 Å². The van der Waals surface area contributed by atoms with Crippen molar-refractivity contribution in [3.63, 3.8) is 0 Å². The summed E-state index contributed by atoms with van der Waals surface area (Å²) in [7, 11) is 1.59. The zero-order chi connectivity index (χ0) is 13.5. The minimum atomic E-state index is -0.324. The Morgan fingerprint density at radius 2 is 2.26 bits per heavy atom. The molecule has 19 heavy (non-hydrogen) atoms. The fourth-order valence-corrected chi connectivity index (χ4v) is 1.99. The molecule has 1 aliphatic heterocycles. The van der Waals surface area contributed by atoms with E-state index in [2.05, 4.69) is 5.48 Å². The molecular formula is C14H19NO4. The third-order valence-electron chi connectivity index (χ3n) is 2.99. The van der Waals surface area contributed by atoms with Crippen molar-refractivity contribution in [2.75, 3.05) is 13.7 Å². The highest BCUT2D eigenvalue weighted by Gasteiger charge is 2.16. The van der Waals surface area contributed by atoms with Crippen LogP contribution in [0.2, 0.25) is 0 Å². The predicted octanol–water partition coefficient (Wildman–Crippen LogP) is 1.81. The molecule has 1 atom stereocenters. The highest BCUT2D eigenvalue weighted by atomic mass is 16.8. The normalized spacial score (nSPS) is 18.9. The van der Waals surface area contributed by atoms with Crippen molar-refractivity contribution in [1.29, 1.82) is 0 Å². The molecule has 0 radical (unpaired) electrons. The van der Waals surface area contributed by atoms with Crippen LogP contribution in [0.1, 0.15) is 24.8 Å². The first-order valence-electron chi connectivity index (χ1n) is 6.47. The molecule has 2 rings (SSSR count). The Bertz CT molecular complexity index is 416. The number of methoxy groups -OCH3 is 1. The average Bonchev–Trinajstić information content (AvgIpc) is 2.47. The lowest BCUT2D eigenvalue weighted by Gasteiger charge is -2.22. The molecule has 1 saturated heterocycles. The summed E-state index contributed by atoms with van der Waals surface area (Å²) in [5, 5.41) is 0. The van der Waals surface area contributed by atoms with Gasteiger partial charge in [0.15, 0.2) is 6.29 Å². The van der Waals surface area contributed by atoms with Crippen molar-refractivity contribution >= 4 is 5.91 Å². The van der Waals surface area contributed by atoms with Crippen LogP contribution in [-0.2, 0) is 20.8 Å². The van der Waals surface area contributed by atoms with Crippen LogP contribution in [0, 0.1) is 0 Å². The zero-order valence-corrected chi connectivity index (χ0v) is 11.1. The van der Waals surface area contributed by atoms with Crippen LogP contribution in [-0.4, -0.2) is 25.9 Å². The molecule has 0 bridgehead atoms. The van der Waals surface area contributed by atoms with Gasteiger partial charge in [-0.15, -0.1) is 0 Å². The zero-order valence-electron chi connectivity index (χ0n) is 11.1. The number of rotatable bonds is 5. The molecule has 5 nitrogen and oxygen atoms in total. The van der Waals surface area contributed by atoms with Crippen molar-refractivity contribution in [2.45, 2.75) is 32.0 Å². The summed E-state index contributed by atoms with van der Waals surface area (Å²) in [4.78, 5) is 17.0. The molecule has 1 heterocycles. The number of carbonyl (C=O) groups excluding carboxylic acids is 1. The Kier molecular flexibility index (Phi) is 5.18. The number of hydrogen-bond donors (Lipinski definition) is 1. The fourth-order valence-electron chi connectivity index (χ4n) is 1.99. The van der Waals surface area contributed by atoms with Gasteiger partial charge in [-0.25, -0.2) is 10.3 Å². The fraction of sp³-hybridized carbons (Fsp3) is 0.500. The maximum atomic E-state index is 11.8. The molecule has 1 aromatic carbocycles. The topological polar surface area (TPSA) is 56.8 Å². The first-order valence-corrected chi connectivity index (χ1v) is 6.47. The molecule has 1 aromatic rings. The first kappa shape index (κ1) is 13.8. The summed E-state index contributed by atoms with van der Waals surface area (Å²) in [6.07, 6.45) is 2.82. The van der Waals surface area contributed by atoms with E-state index in [1.807, 2.05) is 24.3 Å². The van der Waals surface area contributed by atoms with E-state index in [0.29, 0.717) is 12.4 Å². The Balaban J connectivity index is 1.80. The summed E-state index contributed by atoms with van der Waals surface area (Å²) >= 11 is 0. The van der Waals surface area contributed by atoms with Crippen LogP contribution in [0.15, 0.2) is 24.3 Å². The Labute approximate surface area is 112 Å². The number of amides is 1. The predicted molar refractivity (Wildman–Crippen MR) is 69.5 cm³/mol. The van der Waals surface area contributed by atoms with Gasteiger partial charge in [0.1, 0.15) is 5.75 Å². The van der Waals surface area contributed by atoms with Crippen molar-refractivity contribution in [3.8, 4) is 5.75 Å². The summed E-state index contributed by atoms with van der Waals surface area (Å²) in [6, 6.07) is 7.42. The minimum absolute atomic E-state index is 0.210. The molecule has 0 aromatic heterocycles.